The number of methoxy groups -OCH3 is 1. The molecular weight excluding hydrogens is 404 g/mol. The lowest BCUT2D eigenvalue weighted by atomic mass is 9.95. The second kappa shape index (κ2) is 9.49. The van der Waals surface area contributed by atoms with Crippen LogP contribution >= 0.6 is 0 Å². The molecule has 0 bridgehead atoms. The monoisotopic (exact) mass is 428 g/mol. The van der Waals surface area contributed by atoms with Crippen molar-refractivity contribution in [2.24, 2.45) is 0 Å². The summed E-state index contributed by atoms with van der Waals surface area (Å²) in [6.45, 7) is 0.963. The Labute approximate surface area is 186 Å². The van der Waals surface area contributed by atoms with Crippen LogP contribution in [0.1, 0.15) is 32.6 Å². The quantitative estimate of drug-likeness (QED) is 0.279. The zero-order valence-corrected chi connectivity index (χ0v) is 17.7. The van der Waals surface area contributed by atoms with Crippen molar-refractivity contribution >= 4 is 23.5 Å². The lowest BCUT2D eigenvalue weighted by Crippen LogP contribution is -2.36. The second-order valence-corrected chi connectivity index (χ2v) is 7.60. The van der Waals surface area contributed by atoms with Crippen LogP contribution in [-0.4, -0.2) is 35.6 Å². The second-order valence-electron chi connectivity index (χ2n) is 7.60. The van der Waals surface area contributed by atoms with Crippen LogP contribution in [0.3, 0.4) is 0 Å². The normalized spacial score (nSPS) is 13.3. The molecule has 3 aromatic rings. The van der Waals surface area contributed by atoms with Gasteiger partial charge in [-0.1, -0.05) is 48.5 Å². The van der Waals surface area contributed by atoms with Gasteiger partial charge in [-0.2, -0.15) is 0 Å². The summed E-state index contributed by atoms with van der Waals surface area (Å²) in [4.78, 5) is 27.3. The van der Waals surface area contributed by atoms with Gasteiger partial charge in [-0.15, -0.1) is 0 Å². The van der Waals surface area contributed by atoms with Crippen molar-refractivity contribution in [1.82, 2.24) is 10.4 Å². The van der Waals surface area contributed by atoms with Gasteiger partial charge in [-0.05, 0) is 59.0 Å². The first-order valence-electron chi connectivity index (χ1n) is 10.4. The maximum Gasteiger partial charge on any atom is 0.274 e. The van der Waals surface area contributed by atoms with Gasteiger partial charge >= 0.3 is 0 Å². The Bertz CT molecular complexity index is 1170. The number of hydrogen-bond acceptors (Lipinski definition) is 4. The standard InChI is InChI=1S/C26H24N2O4/c1-32-23-9-5-8-20(16-23)24(14-18-6-3-2-4-7-18)26(30)28-13-12-19-10-11-21(25(29)27-31)15-22(19)17-28/h2-11,14-16,31H,12-13,17H2,1H3,(H,27,29)/b24-14+. The number of ether oxygens (including phenoxy) is 1. The van der Waals surface area contributed by atoms with Crippen LogP contribution in [0.2, 0.25) is 0 Å². The number of carbonyl (C=O) groups is 2. The topological polar surface area (TPSA) is 78.9 Å². The molecule has 0 saturated heterocycles. The number of nitrogens with one attached hydrogen (secondary N) is 1. The molecule has 32 heavy (non-hydrogen) atoms. The zero-order valence-electron chi connectivity index (χ0n) is 17.7. The Morgan fingerprint density at radius 3 is 2.53 bits per heavy atom. The SMILES string of the molecule is COc1cccc(/C(=C\c2ccccc2)C(=O)N2CCc3ccc(C(=O)NO)cc3C2)c1. The first-order chi connectivity index (χ1) is 15.6. The molecule has 0 unspecified atom stereocenters. The third-order valence-corrected chi connectivity index (χ3v) is 5.59. The van der Waals surface area contributed by atoms with E-state index in [-0.39, 0.29) is 5.91 Å². The summed E-state index contributed by atoms with van der Waals surface area (Å²) < 4.78 is 5.36. The molecule has 1 heterocycles. The highest BCUT2D eigenvalue weighted by Gasteiger charge is 2.25. The van der Waals surface area contributed by atoms with Crippen molar-refractivity contribution in [3.63, 3.8) is 0 Å². The van der Waals surface area contributed by atoms with E-state index in [1.807, 2.05) is 66.7 Å². The Hall–Kier alpha value is -3.90. The van der Waals surface area contributed by atoms with Crippen LogP contribution in [0, 0.1) is 0 Å². The molecule has 2 N–H and O–H groups in total. The molecule has 1 aliphatic rings. The molecule has 0 aromatic heterocycles. The van der Waals surface area contributed by atoms with E-state index in [1.165, 1.54) is 0 Å². The fourth-order valence-electron chi connectivity index (χ4n) is 3.88. The number of rotatable bonds is 5. The lowest BCUT2D eigenvalue weighted by molar-refractivity contribution is -0.125. The van der Waals surface area contributed by atoms with Crippen molar-refractivity contribution in [2.45, 2.75) is 13.0 Å². The predicted octanol–water partition coefficient (Wildman–Crippen LogP) is 3.94. The van der Waals surface area contributed by atoms with Crippen molar-refractivity contribution in [2.75, 3.05) is 13.7 Å². The maximum absolute atomic E-state index is 13.7. The molecule has 6 nitrogen and oxygen atoms in total. The van der Waals surface area contributed by atoms with Gasteiger partial charge < -0.3 is 9.64 Å². The number of benzene rings is 3. The molecule has 0 radical (unpaired) electrons. The molecule has 0 spiro atoms. The first-order valence-corrected chi connectivity index (χ1v) is 10.4. The van der Waals surface area contributed by atoms with E-state index in [2.05, 4.69) is 0 Å². The summed E-state index contributed by atoms with van der Waals surface area (Å²) >= 11 is 0. The van der Waals surface area contributed by atoms with Gasteiger partial charge in [0.05, 0.1) is 7.11 Å². The van der Waals surface area contributed by atoms with Crippen LogP contribution in [0.4, 0.5) is 0 Å². The molecule has 4 rings (SSSR count). The molecule has 162 valence electrons. The van der Waals surface area contributed by atoms with Crippen LogP contribution in [-0.2, 0) is 17.8 Å². The smallest absolute Gasteiger partial charge is 0.274 e. The minimum absolute atomic E-state index is 0.0928. The highest BCUT2D eigenvalue weighted by molar-refractivity contribution is 6.24. The lowest BCUT2D eigenvalue weighted by Gasteiger charge is -2.30. The van der Waals surface area contributed by atoms with Crippen molar-refractivity contribution in [1.29, 1.82) is 0 Å². The molecule has 0 aliphatic carbocycles. The van der Waals surface area contributed by atoms with E-state index in [9.17, 15) is 9.59 Å². The molecule has 1 aliphatic heterocycles. The van der Waals surface area contributed by atoms with E-state index >= 15 is 0 Å². The molecule has 6 heteroatoms. The zero-order chi connectivity index (χ0) is 22.5. The number of carbonyl (C=O) groups excluding carboxylic acids is 2. The van der Waals surface area contributed by atoms with E-state index in [0.717, 1.165) is 22.3 Å². The van der Waals surface area contributed by atoms with E-state index in [1.54, 1.807) is 29.6 Å². The average Bonchev–Trinajstić information content (AvgIpc) is 2.86. The molecule has 0 fully saturated rings. The number of hydrogen-bond donors (Lipinski definition) is 2. The fourth-order valence-corrected chi connectivity index (χ4v) is 3.88. The van der Waals surface area contributed by atoms with Gasteiger partial charge in [0, 0.05) is 24.2 Å². The van der Waals surface area contributed by atoms with Crippen molar-refractivity contribution in [3.8, 4) is 5.75 Å². The molecule has 0 atom stereocenters. The molecule has 2 amide bonds. The van der Waals surface area contributed by atoms with Gasteiger partial charge in [0.25, 0.3) is 11.8 Å². The van der Waals surface area contributed by atoms with Gasteiger partial charge in [0.2, 0.25) is 0 Å². The summed E-state index contributed by atoms with van der Waals surface area (Å²) in [5.74, 6) is 0.0139. The fraction of sp³-hybridized carbons (Fsp3) is 0.154. The summed E-state index contributed by atoms with van der Waals surface area (Å²) in [6.07, 6.45) is 2.58. The van der Waals surface area contributed by atoms with E-state index in [0.29, 0.717) is 36.4 Å². The van der Waals surface area contributed by atoms with E-state index in [4.69, 9.17) is 9.94 Å². The van der Waals surface area contributed by atoms with Gasteiger partial charge in [-0.3, -0.25) is 14.8 Å². The Balaban J connectivity index is 1.69. The highest BCUT2D eigenvalue weighted by Crippen LogP contribution is 2.28. The minimum atomic E-state index is -0.572. The van der Waals surface area contributed by atoms with Gasteiger partial charge in [0.15, 0.2) is 0 Å². The van der Waals surface area contributed by atoms with Crippen molar-refractivity contribution < 1.29 is 19.5 Å². The summed E-state index contributed by atoms with van der Waals surface area (Å²) in [6, 6.07) is 22.5. The number of hydroxylamine groups is 1. The highest BCUT2D eigenvalue weighted by atomic mass is 16.5. The van der Waals surface area contributed by atoms with Crippen molar-refractivity contribution in [3.05, 3.63) is 101 Å². The van der Waals surface area contributed by atoms with Crippen LogP contribution in [0.25, 0.3) is 11.6 Å². The predicted molar refractivity (Wildman–Crippen MR) is 122 cm³/mol. The Morgan fingerprint density at radius 1 is 0.969 bits per heavy atom. The molecule has 0 saturated carbocycles. The summed E-state index contributed by atoms with van der Waals surface area (Å²) in [5.41, 5.74) is 6.28. The van der Waals surface area contributed by atoms with Crippen LogP contribution in [0.5, 0.6) is 5.75 Å². The summed E-state index contributed by atoms with van der Waals surface area (Å²) in [7, 11) is 1.60. The maximum atomic E-state index is 13.7. The Kier molecular flexibility index (Phi) is 6.33. The third-order valence-electron chi connectivity index (χ3n) is 5.59. The number of fused-ring (bicyclic) bond motifs is 1. The molecular formula is C26H24N2O4. The third kappa shape index (κ3) is 4.55. The minimum Gasteiger partial charge on any atom is -0.497 e. The molecule has 3 aromatic carbocycles. The number of nitrogens with zero attached hydrogens (tertiary/aromatic N) is 1. The van der Waals surface area contributed by atoms with E-state index < -0.39 is 5.91 Å². The largest absolute Gasteiger partial charge is 0.497 e. The van der Waals surface area contributed by atoms with Gasteiger partial charge in [0.1, 0.15) is 5.75 Å². The first kappa shape index (κ1) is 21.3. The average molecular weight is 428 g/mol. The van der Waals surface area contributed by atoms with Gasteiger partial charge in [-0.25, -0.2) is 5.48 Å². The Morgan fingerprint density at radius 2 is 1.78 bits per heavy atom. The van der Waals surface area contributed by atoms with Crippen LogP contribution < -0.4 is 10.2 Å². The number of amides is 2. The summed E-state index contributed by atoms with van der Waals surface area (Å²) in [5, 5.41) is 8.93. The van der Waals surface area contributed by atoms with Crippen LogP contribution in [0.15, 0.2) is 72.8 Å².